The lowest BCUT2D eigenvalue weighted by Gasteiger charge is -2.12. The van der Waals surface area contributed by atoms with E-state index in [1.54, 1.807) is 0 Å². The maximum Gasteiger partial charge on any atom is 0.416 e. The van der Waals surface area contributed by atoms with E-state index in [0.717, 1.165) is 12.1 Å². The lowest BCUT2D eigenvalue weighted by Crippen LogP contribution is -2.08. The fraction of sp³-hybridized carbons (Fsp3) is 0.400. The van der Waals surface area contributed by atoms with Crippen LogP contribution in [0.2, 0.25) is 0 Å². The fourth-order valence-corrected chi connectivity index (χ4v) is 1.32. The summed E-state index contributed by atoms with van der Waals surface area (Å²) in [7, 11) is 1.40. The molecule has 0 aliphatic heterocycles. The molecule has 90 valence electrons. The molecule has 0 bridgehead atoms. The Morgan fingerprint density at radius 3 is 2.50 bits per heavy atom. The Morgan fingerprint density at radius 2 is 2.00 bits per heavy atom. The highest BCUT2D eigenvalue weighted by Crippen LogP contribution is 2.32. The van der Waals surface area contributed by atoms with Gasteiger partial charge in [0.1, 0.15) is 5.75 Å². The van der Waals surface area contributed by atoms with Crippen LogP contribution in [0, 0.1) is 0 Å². The van der Waals surface area contributed by atoms with Crippen molar-refractivity contribution in [1.29, 1.82) is 0 Å². The van der Waals surface area contributed by atoms with Crippen LogP contribution in [0.25, 0.3) is 0 Å². The summed E-state index contributed by atoms with van der Waals surface area (Å²) >= 11 is 0. The second-order valence-corrected chi connectivity index (χ2v) is 3.15. The third kappa shape index (κ3) is 3.11. The van der Waals surface area contributed by atoms with Crippen molar-refractivity contribution in [1.82, 2.24) is 0 Å². The second-order valence-electron chi connectivity index (χ2n) is 3.15. The van der Waals surface area contributed by atoms with E-state index >= 15 is 0 Å². The second kappa shape index (κ2) is 5.18. The Balaban J connectivity index is 3.01. The van der Waals surface area contributed by atoms with Crippen LogP contribution in [0.3, 0.4) is 0 Å². The van der Waals surface area contributed by atoms with Gasteiger partial charge in [-0.25, -0.2) is 5.90 Å². The van der Waals surface area contributed by atoms with Gasteiger partial charge < -0.3 is 9.57 Å². The van der Waals surface area contributed by atoms with Gasteiger partial charge in [-0.15, -0.1) is 0 Å². The number of hydrogen-bond acceptors (Lipinski definition) is 3. The molecule has 0 aliphatic carbocycles. The first-order valence-corrected chi connectivity index (χ1v) is 4.55. The van der Waals surface area contributed by atoms with Crippen molar-refractivity contribution in [2.24, 2.45) is 5.90 Å². The first kappa shape index (κ1) is 12.8. The van der Waals surface area contributed by atoms with Crippen molar-refractivity contribution >= 4 is 0 Å². The maximum atomic E-state index is 12.4. The van der Waals surface area contributed by atoms with Gasteiger partial charge in [-0.1, -0.05) is 0 Å². The first-order valence-electron chi connectivity index (χ1n) is 4.55. The molecule has 1 aromatic rings. The zero-order valence-electron chi connectivity index (χ0n) is 8.67. The number of benzene rings is 1. The summed E-state index contributed by atoms with van der Waals surface area (Å²) in [4.78, 5) is 4.33. The summed E-state index contributed by atoms with van der Waals surface area (Å²) in [5, 5.41) is 0. The molecule has 0 unspecified atom stereocenters. The molecule has 1 rings (SSSR count). The van der Waals surface area contributed by atoms with Gasteiger partial charge in [0.2, 0.25) is 0 Å². The standard InChI is InChI=1S/C10H12F3NO2/c1-15-9-3-2-8(10(11,12)13)6-7(9)4-5-16-14/h2-3,6H,4-5,14H2,1H3. The van der Waals surface area contributed by atoms with E-state index in [4.69, 9.17) is 10.6 Å². The third-order valence-corrected chi connectivity index (χ3v) is 2.10. The molecule has 6 heteroatoms. The summed E-state index contributed by atoms with van der Waals surface area (Å²) in [6.45, 7) is 0.137. The van der Waals surface area contributed by atoms with Gasteiger partial charge in [0.15, 0.2) is 0 Å². The third-order valence-electron chi connectivity index (χ3n) is 2.10. The topological polar surface area (TPSA) is 44.5 Å². The number of alkyl halides is 3. The van der Waals surface area contributed by atoms with Gasteiger partial charge in [-0.3, -0.25) is 0 Å². The summed E-state index contributed by atoms with van der Waals surface area (Å²) < 4.78 is 42.2. The molecule has 0 saturated carbocycles. The lowest BCUT2D eigenvalue weighted by atomic mass is 10.1. The van der Waals surface area contributed by atoms with Crippen molar-refractivity contribution in [3.63, 3.8) is 0 Å². The van der Waals surface area contributed by atoms with Gasteiger partial charge >= 0.3 is 6.18 Å². The molecular weight excluding hydrogens is 223 g/mol. The SMILES string of the molecule is COc1ccc(C(F)(F)F)cc1CCON. The predicted molar refractivity (Wildman–Crippen MR) is 51.8 cm³/mol. The van der Waals surface area contributed by atoms with Crippen molar-refractivity contribution in [2.75, 3.05) is 13.7 Å². The van der Waals surface area contributed by atoms with Crippen LogP contribution in [-0.4, -0.2) is 13.7 Å². The van der Waals surface area contributed by atoms with Crippen molar-refractivity contribution in [3.8, 4) is 5.75 Å². The number of ether oxygens (including phenoxy) is 1. The number of hydrogen-bond donors (Lipinski definition) is 1. The molecule has 16 heavy (non-hydrogen) atoms. The molecule has 0 aromatic heterocycles. The average molecular weight is 235 g/mol. The summed E-state index contributed by atoms with van der Waals surface area (Å²) in [6.07, 6.45) is -4.09. The smallest absolute Gasteiger partial charge is 0.416 e. The van der Waals surface area contributed by atoms with Crippen LogP contribution in [-0.2, 0) is 17.4 Å². The first-order chi connectivity index (χ1) is 7.49. The van der Waals surface area contributed by atoms with Crippen molar-refractivity contribution in [3.05, 3.63) is 29.3 Å². The Labute approximate surface area is 90.9 Å². The van der Waals surface area contributed by atoms with Crippen LogP contribution in [0.4, 0.5) is 13.2 Å². The minimum Gasteiger partial charge on any atom is -0.496 e. The van der Waals surface area contributed by atoms with Crippen LogP contribution < -0.4 is 10.6 Å². The fourth-order valence-electron chi connectivity index (χ4n) is 1.32. The van der Waals surface area contributed by atoms with E-state index in [1.165, 1.54) is 13.2 Å². The molecule has 0 radical (unpaired) electrons. The Morgan fingerprint density at radius 1 is 1.31 bits per heavy atom. The zero-order valence-corrected chi connectivity index (χ0v) is 8.67. The molecule has 0 atom stereocenters. The van der Waals surface area contributed by atoms with Gasteiger partial charge in [0.25, 0.3) is 0 Å². The van der Waals surface area contributed by atoms with E-state index in [0.29, 0.717) is 11.3 Å². The Kier molecular flexibility index (Phi) is 4.14. The number of rotatable bonds is 4. The van der Waals surface area contributed by atoms with E-state index < -0.39 is 11.7 Å². The molecule has 3 nitrogen and oxygen atoms in total. The molecule has 0 amide bonds. The highest BCUT2D eigenvalue weighted by atomic mass is 19.4. The van der Waals surface area contributed by atoms with Gasteiger partial charge in [0.05, 0.1) is 19.3 Å². The highest BCUT2D eigenvalue weighted by molar-refractivity contribution is 5.38. The normalized spacial score (nSPS) is 11.6. The van der Waals surface area contributed by atoms with Crippen molar-refractivity contribution in [2.45, 2.75) is 12.6 Å². The maximum absolute atomic E-state index is 12.4. The summed E-state index contributed by atoms with van der Waals surface area (Å²) in [6, 6.07) is 3.30. The molecule has 0 heterocycles. The quantitative estimate of drug-likeness (QED) is 0.813. The van der Waals surface area contributed by atoms with Gasteiger partial charge in [-0.05, 0) is 23.8 Å². The number of nitrogens with two attached hydrogens (primary N) is 1. The lowest BCUT2D eigenvalue weighted by molar-refractivity contribution is -0.137. The monoisotopic (exact) mass is 235 g/mol. The summed E-state index contributed by atoms with van der Waals surface area (Å²) in [5.74, 6) is 5.22. The van der Waals surface area contributed by atoms with Crippen LogP contribution in [0.15, 0.2) is 18.2 Å². The predicted octanol–water partition coefficient (Wildman–Crippen LogP) is 2.15. The van der Waals surface area contributed by atoms with E-state index in [-0.39, 0.29) is 13.0 Å². The Bertz CT molecular complexity index is 352. The minimum atomic E-state index is -4.36. The average Bonchev–Trinajstić information content (AvgIpc) is 2.24. The van der Waals surface area contributed by atoms with Crippen LogP contribution >= 0.6 is 0 Å². The molecule has 0 fully saturated rings. The van der Waals surface area contributed by atoms with Crippen LogP contribution in [0.5, 0.6) is 5.75 Å². The minimum absolute atomic E-state index is 0.137. The molecule has 1 aromatic carbocycles. The Hall–Kier alpha value is -1.27. The van der Waals surface area contributed by atoms with Gasteiger partial charge in [0, 0.05) is 6.42 Å². The molecule has 0 aliphatic rings. The molecular formula is C10H12F3NO2. The van der Waals surface area contributed by atoms with Crippen LogP contribution in [0.1, 0.15) is 11.1 Å². The molecule has 2 N–H and O–H groups in total. The summed E-state index contributed by atoms with van der Waals surface area (Å²) in [5.41, 5.74) is -0.289. The van der Waals surface area contributed by atoms with Gasteiger partial charge in [-0.2, -0.15) is 13.2 Å². The van der Waals surface area contributed by atoms with E-state index in [2.05, 4.69) is 4.84 Å². The van der Waals surface area contributed by atoms with E-state index in [1.807, 2.05) is 0 Å². The van der Waals surface area contributed by atoms with E-state index in [9.17, 15) is 13.2 Å². The number of halogens is 3. The van der Waals surface area contributed by atoms with Crippen molar-refractivity contribution < 1.29 is 22.7 Å². The highest BCUT2D eigenvalue weighted by Gasteiger charge is 2.31. The molecule has 0 spiro atoms. The largest absolute Gasteiger partial charge is 0.496 e. The molecule has 0 saturated heterocycles. The number of methoxy groups -OCH3 is 1. The zero-order chi connectivity index (χ0) is 12.2.